The van der Waals surface area contributed by atoms with Crippen LogP contribution >= 0.6 is 0 Å². The second-order valence-corrected chi connectivity index (χ2v) is 4.89. The van der Waals surface area contributed by atoms with E-state index in [1.54, 1.807) is 24.3 Å². The Morgan fingerprint density at radius 3 is 2.41 bits per heavy atom. The van der Waals surface area contributed by atoms with E-state index in [1.807, 2.05) is 13.0 Å². The molecule has 0 bridgehead atoms. The van der Waals surface area contributed by atoms with E-state index in [4.69, 9.17) is 9.84 Å². The summed E-state index contributed by atoms with van der Waals surface area (Å²) in [6.07, 6.45) is 0. The lowest BCUT2D eigenvalue weighted by Gasteiger charge is -2.10. The Hall–Kier alpha value is -2.82. The Balaban J connectivity index is 2.06. The Morgan fingerprint density at radius 2 is 1.82 bits per heavy atom. The quantitative estimate of drug-likeness (QED) is 0.890. The third kappa shape index (κ3) is 3.63. The molecule has 5 nitrogen and oxygen atoms in total. The molecule has 0 atom stereocenters. The van der Waals surface area contributed by atoms with Crippen LogP contribution in [-0.2, 0) is 6.54 Å². The van der Waals surface area contributed by atoms with Gasteiger partial charge in [0.1, 0.15) is 5.75 Å². The smallest absolute Gasteiger partial charge is 0.335 e. The van der Waals surface area contributed by atoms with Crippen LogP contribution in [-0.4, -0.2) is 24.1 Å². The maximum Gasteiger partial charge on any atom is 0.335 e. The minimum Gasteiger partial charge on any atom is -0.496 e. The summed E-state index contributed by atoms with van der Waals surface area (Å²) < 4.78 is 5.19. The van der Waals surface area contributed by atoms with E-state index in [9.17, 15) is 9.59 Å². The number of aryl methyl sites for hydroxylation is 1. The first-order valence-corrected chi connectivity index (χ1v) is 6.76. The summed E-state index contributed by atoms with van der Waals surface area (Å²) in [5.41, 5.74) is 2.49. The monoisotopic (exact) mass is 299 g/mol. The molecule has 5 heteroatoms. The number of benzene rings is 2. The van der Waals surface area contributed by atoms with Crippen LogP contribution in [0.2, 0.25) is 0 Å². The molecule has 2 aromatic carbocycles. The summed E-state index contributed by atoms with van der Waals surface area (Å²) in [4.78, 5) is 23.0. The van der Waals surface area contributed by atoms with Crippen molar-refractivity contribution in [1.29, 1.82) is 0 Å². The van der Waals surface area contributed by atoms with Gasteiger partial charge < -0.3 is 15.2 Å². The third-order valence-electron chi connectivity index (χ3n) is 3.25. The normalized spacial score (nSPS) is 10.1. The number of carbonyl (C=O) groups excluding carboxylic acids is 1. The number of carbonyl (C=O) groups is 2. The van der Waals surface area contributed by atoms with Crippen molar-refractivity contribution in [2.45, 2.75) is 13.5 Å². The fourth-order valence-corrected chi connectivity index (χ4v) is 2.04. The van der Waals surface area contributed by atoms with Crippen LogP contribution in [0.3, 0.4) is 0 Å². The summed E-state index contributed by atoms with van der Waals surface area (Å²) in [5, 5.41) is 11.6. The van der Waals surface area contributed by atoms with Crippen molar-refractivity contribution in [3.05, 3.63) is 64.7 Å². The Bertz CT molecular complexity index is 692. The second kappa shape index (κ2) is 6.76. The zero-order valence-electron chi connectivity index (χ0n) is 12.4. The summed E-state index contributed by atoms with van der Waals surface area (Å²) >= 11 is 0. The van der Waals surface area contributed by atoms with Crippen molar-refractivity contribution in [3.63, 3.8) is 0 Å². The molecule has 0 radical (unpaired) electrons. The number of amides is 1. The highest BCUT2D eigenvalue weighted by Gasteiger charge is 2.12. The number of carboxylic acid groups (broad SMARTS) is 1. The van der Waals surface area contributed by atoms with Crippen molar-refractivity contribution in [3.8, 4) is 5.75 Å². The average Bonchev–Trinajstić information content (AvgIpc) is 2.53. The molecular formula is C17H17NO4. The van der Waals surface area contributed by atoms with E-state index in [0.717, 1.165) is 11.1 Å². The number of ether oxygens (including phenoxy) is 1. The predicted molar refractivity (Wildman–Crippen MR) is 82.3 cm³/mol. The van der Waals surface area contributed by atoms with Crippen molar-refractivity contribution in [2.24, 2.45) is 0 Å². The molecule has 0 saturated carbocycles. The van der Waals surface area contributed by atoms with Crippen molar-refractivity contribution in [2.75, 3.05) is 7.11 Å². The molecule has 0 heterocycles. The van der Waals surface area contributed by atoms with Crippen molar-refractivity contribution >= 4 is 11.9 Å². The lowest BCUT2D eigenvalue weighted by atomic mass is 10.1. The highest BCUT2D eigenvalue weighted by atomic mass is 16.5. The van der Waals surface area contributed by atoms with Gasteiger partial charge >= 0.3 is 5.97 Å². The summed E-state index contributed by atoms with van der Waals surface area (Å²) in [5.74, 6) is -0.688. The number of nitrogens with one attached hydrogen (secondary N) is 1. The molecule has 22 heavy (non-hydrogen) atoms. The number of hydrogen-bond acceptors (Lipinski definition) is 3. The molecule has 2 N–H and O–H groups in total. The highest BCUT2D eigenvalue weighted by Crippen LogP contribution is 2.19. The molecule has 0 spiro atoms. The van der Waals surface area contributed by atoms with E-state index in [0.29, 0.717) is 17.9 Å². The van der Waals surface area contributed by atoms with Crippen LogP contribution in [0, 0.1) is 6.92 Å². The van der Waals surface area contributed by atoms with Gasteiger partial charge in [0, 0.05) is 6.54 Å². The van der Waals surface area contributed by atoms with Gasteiger partial charge in [-0.3, -0.25) is 4.79 Å². The first kappa shape index (κ1) is 15.6. The van der Waals surface area contributed by atoms with Crippen molar-refractivity contribution < 1.29 is 19.4 Å². The zero-order chi connectivity index (χ0) is 16.1. The molecule has 0 aliphatic heterocycles. The van der Waals surface area contributed by atoms with Crippen molar-refractivity contribution in [1.82, 2.24) is 5.32 Å². The largest absolute Gasteiger partial charge is 0.496 e. The lowest BCUT2D eigenvalue weighted by molar-refractivity contribution is 0.0696. The van der Waals surface area contributed by atoms with Gasteiger partial charge in [0.2, 0.25) is 0 Å². The fourth-order valence-electron chi connectivity index (χ4n) is 2.04. The molecule has 2 aromatic rings. The van der Waals surface area contributed by atoms with Crippen LogP contribution in [0.1, 0.15) is 31.8 Å². The molecule has 0 fully saturated rings. The van der Waals surface area contributed by atoms with Gasteiger partial charge in [0.05, 0.1) is 18.2 Å². The standard InChI is InChI=1S/C17H17NO4/c1-11-3-8-15(22-2)14(9-11)16(19)18-10-12-4-6-13(7-5-12)17(20)21/h3-9H,10H2,1-2H3,(H,18,19)(H,20,21). The third-order valence-corrected chi connectivity index (χ3v) is 3.25. The minimum atomic E-state index is -0.972. The second-order valence-electron chi connectivity index (χ2n) is 4.89. The van der Waals surface area contributed by atoms with E-state index in [2.05, 4.69) is 5.32 Å². The Labute approximate surface area is 128 Å². The molecular weight excluding hydrogens is 282 g/mol. The first-order valence-electron chi connectivity index (χ1n) is 6.76. The van der Waals surface area contributed by atoms with Crippen LogP contribution in [0.15, 0.2) is 42.5 Å². The van der Waals surface area contributed by atoms with Gasteiger partial charge in [-0.25, -0.2) is 4.79 Å². The average molecular weight is 299 g/mol. The summed E-state index contributed by atoms with van der Waals surface area (Å²) in [6, 6.07) is 11.8. The zero-order valence-corrected chi connectivity index (χ0v) is 12.4. The van der Waals surface area contributed by atoms with Gasteiger partial charge in [-0.05, 0) is 36.8 Å². The molecule has 114 valence electrons. The van der Waals surface area contributed by atoms with E-state index in [1.165, 1.54) is 19.2 Å². The Kier molecular flexibility index (Phi) is 4.78. The predicted octanol–water partition coefficient (Wildman–Crippen LogP) is 2.63. The SMILES string of the molecule is COc1ccc(C)cc1C(=O)NCc1ccc(C(=O)O)cc1. The van der Waals surface area contributed by atoms with E-state index >= 15 is 0 Å². The van der Waals surface area contributed by atoms with Gasteiger partial charge in [0.15, 0.2) is 0 Å². The number of carboxylic acids is 1. The molecule has 1 amide bonds. The van der Waals surface area contributed by atoms with Crippen LogP contribution < -0.4 is 10.1 Å². The number of hydrogen-bond donors (Lipinski definition) is 2. The fraction of sp³-hybridized carbons (Fsp3) is 0.176. The summed E-state index contributed by atoms with van der Waals surface area (Å²) in [7, 11) is 1.52. The maximum absolute atomic E-state index is 12.2. The number of methoxy groups -OCH3 is 1. The van der Waals surface area contributed by atoms with E-state index < -0.39 is 5.97 Å². The summed E-state index contributed by atoms with van der Waals surface area (Å²) in [6.45, 7) is 2.22. The van der Waals surface area contributed by atoms with Crippen LogP contribution in [0.25, 0.3) is 0 Å². The number of aromatic carboxylic acids is 1. The molecule has 0 aliphatic rings. The maximum atomic E-state index is 12.2. The minimum absolute atomic E-state index is 0.218. The Morgan fingerprint density at radius 1 is 1.14 bits per heavy atom. The molecule has 2 rings (SSSR count). The molecule has 0 saturated heterocycles. The lowest BCUT2D eigenvalue weighted by Crippen LogP contribution is -2.23. The van der Waals surface area contributed by atoms with E-state index in [-0.39, 0.29) is 11.5 Å². The van der Waals surface area contributed by atoms with Gasteiger partial charge in [0.25, 0.3) is 5.91 Å². The topological polar surface area (TPSA) is 75.6 Å². The molecule has 0 aromatic heterocycles. The van der Waals surface area contributed by atoms with Gasteiger partial charge in [-0.2, -0.15) is 0 Å². The van der Waals surface area contributed by atoms with Crippen LogP contribution in [0.4, 0.5) is 0 Å². The van der Waals surface area contributed by atoms with Gasteiger partial charge in [-0.1, -0.05) is 23.8 Å². The van der Waals surface area contributed by atoms with Gasteiger partial charge in [-0.15, -0.1) is 0 Å². The first-order chi connectivity index (χ1) is 10.5. The van der Waals surface area contributed by atoms with Crippen LogP contribution in [0.5, 0.6) is 5.75 Å². The molecule has 0 aliphatic carbocycles. The molecule has 0 unspecified atom stereocenters. The number of rotatable bonds is 5. The highest BCUT2D eigenvalue weighted by molar-refractivity contribution is 5.97.